The van der Waals surface area contributed by atoms with Crippen molar-refractivity contribution < 1.29 is 8.78 Å². The van der Waals surface area contributed by atoms with Crippen molar-refractivity contribution in [3.8, 4) is 0 Å². The maximum Gasteiger partial charge on any atom is 0.122 e. The fourth-order valence-electron chi connectivity index (χ4n) is 1.89. The molecule has 82 valence electrons. The van der Waals surface area contributed by atoms with Crippen LogP contribution in [-0.2, 0) is 0 Å². The normalized spacial score (nSPS) is 31.1. The van der Waals surface area contributed by atoms with Gasteiger partial charge < -0.3 is 0 Å². The second-order valence-corrected chi connectivity index (χ2v) is 5.40. The van der Waals surface area contributed by atoms with Crippen molar-refractivity contribution in [3.05, 3.63) is 36.0 Å². The standard InChI is InChI=1S/C12H14F2S/c13-9-6-10(14)8-12(7-9)15-11-4-2-1-3-5-11/h2,4,6-7,11-12H,1,3,5,8H2. The van der Waals surface area contributed by atoms with Gasteiger partial charge in [-0.15, -0.1) is 11.8 Å². The van der Waals surface area contributed by atoms with Crippen molar-refractivity contribution >= 4 is 11.8 Å². The molecule has 2 atom stereocenters. The van der Waals surface area contributed by atoms with Crippen molar-refractivity contribution in [1.29, 1.82) is 0 Å². The summed E-state index contributed by atoms with van der Waals surface area (Å²) in [7, 11) is 0. The lowest BCUT2D eigenvalue weighted by atomic mass is 10.1. The summed E-state index contributed by atoms with van der Waals surface area (Å²) in [5.74, 6) is -0.775. The lowest BCUT2D eigenvalue weighted by molar-refractivity contribution is 0.562. The second-order valence-electron chi connectivity index (χ2n) is 3.92. The van der Waals surface area contributed by atoms with E-state index < -0.39 is 5.83 Å². The van der Waals surface area contributed by atoms with E-state index >= 15 is 0 Å². The molecule has 3 heteroatoms. The van der Waals surface area contributed by atoms with Crippen LogP contribution in [-0.4, -0.2) is 10.5 Å². The summed E-state index contributed by atoms with van der Waals surface area (Å²) in [6, 6.07) is 0. The van der Waals surface area contributed by atoms with E-state index in [0.717, 1.165) is 18.9 Å². The van der Waals surface area contributed by atoms with Crippen LogP contribution in [0.25, 0.3) is 0 Å². The molecule has 0 N–H and O–H groups in total. The summed E-state index contributed by atoms with van der Waals surface area (Å²) in [6.07, 6.45) is 10.6. The summed E-state index contributed by atoms with van der Waals surface area (Å²) in [4.78, 5) is 0. The Morgan fingerprint density at radius 3 is 2.80 bits per heavy atom. The van der Waals surface area contributed by atoms with Crippen LogP contribution in [0.2, 0.25) is 0 Å². The van der Waals surface area contributed by atoms with E-state index in [1.54, 1.807) is 11.8 Å². The maximum atomic E-state index is 13.0. The Hall–Kier alpha value is -0.570. The molecule has 0 heterocycles. The van der Waals surface area contributed by atoms with Crippen molar-refractivity contribution in [3.63, 3.8) is 0 Å². The minimum Gasteiger partial charge on any atom is -0.212 e. The third kappa shape index (κ3) is 3.20. The van der Waals surface area contributed by atoms with Gasteiger partial charge in [-0.3, -0.25) is 0 Å². The van der Waals surface area contributed by atoms with E-state index in [4.69, 9.17) is 0 Å². The lowest BCUT2D eigenvalue weighted by Crippen LogP contribution is -2.11. The molecule has 0 saturated heterocycles. The first kappa shape index (κ1) is 10.9. The topological polar surface area (TPSA) is 0 Å². The smallest absolute Gasteiger partial charge is 0.122 e. The fourth-order valence-corrected chi connectivity index (χ4v) is 3.31. The van der Waals surface area contributed by atoms with Gasteiger partial charge in [0.1, 0.15) is 11.7 Å². The molecule has 15 heavy (non-hydrogen) atoms. The molecule has 0 radical (unpaired) electrons. The molecule has 0 amide bonds. The van der Waals surface area contributed by atoms with Gasteiger partial charge in [-0.2, -0.15) is 0 Å². The molecule has 0 aromatic rings. The third-order valence-corrected chi connectivity index (χ3v) is 3.99. The first-order valence-corrected chi connectivity index (χ1v) is 6.24. The van der Waals surface area contributed by atoms with E-state index in [0.29, 0.717) is 11.7 Å². The zero-order chi connectivity index (χ0) is 10.7. The molecule has 0 nitrogen and oxygen atoms in total. The van der Waals surface area contributed by atoms with Crippen LogP contribution in [0.3, 0.4) is 0 Å². The fraction of sp³-hybridized carbons (Fsp3) is 0.500. The number of hydrogen-bond acceptors (Lipinski definition) is 1. The molecule has 2 aliphatic carbocycles. The maximum absolute atomic E-state index is 13.0. The molecular formula is C12H14F2S. The van der Waals surface area contributed by atoms with E-state index in [1.807, 2.05) is 0 Å². The van der Waals surface area contributed by atoms with Gasteiger partial charge in [0, 0.05) is 23.0 Å². The molecule has 0 fully saturated rings. The molecular weight excluding hydrogens is 214 g/mol. The van der Waals surface area contributed by atoms with Gasteiger partial charge in [-0.25, -0.2) is 8.78 Å². The van der Waals surface area contributed by atoms with Crippen molar-refractivity contribution in [2.45, 2.75) is 36.2 Å². The Morgan fingerprint density at radius 2 is 2.13 bits per heavy atom. The number of allylic oxidation sites excluding steroid dienone is 4. The molecule has 0 spiro atoms. The SMILES string of the molecule is FC1=CC(SC2C=CCCC2)CC(F)=C1. The highest BCUT2D eigenvalue weighted by Crippen LogP contribution is 2.34. The van der Waals surface area contributed by atoms with Gasteiger partial charge in [-0.1, -0.05) is 12.2 Å². The van der Waals surface area contributed by atoms with Gasteiger partial charge in [-0.05, 0) is 25.3 Å². The largest absolute Gasteiger partial charge is 0.212 e. The summed E-state index contributed by atoms with van der Waals surface area (Å²) in [5.41, 5.74) is 0. The molecule has 0 saturated carbocycles. The average Bonchev–Trinajstić information content (AvgIpc) is 2.17. The van der Waals surface area contributed by atoms with Crippen LogP contribution >= 0.6 is 11.8 Å². The van der Waals surface area contributed by atoms with Crippen molar-refractivity contribution in [2.24, 2.45) is 0 Å². The molecule has 0 aromatic carbocycles. The monoisotopic (exact) mass is 228 g/mol. The van der Waals surface area contributed by atoms with Crippen LogP contribution in [0.5, 0.6) is 0 Å². The highest BCUT2D eigenvalue weighted by molar-refractivity contribution is 8.00. The quantitative estimate of drug-likeness (QED) is 0.635. The first-order valence-electron chi connectivity index (χ1n) is 5.29. The van der Waals surface area contributed by atoms with Gasteiger partial charge in [0.05, 0.1) is 0 Å². The second kappa shape index (κ2) is 4.97. The van der Waals surface area contributed by atoms with E-state index in [1.165, 1.54) is 12.5 Å². The van der Waals surface area contributed by atoms with Crippen molar-refractivity contribution in [2.75, 3.05) is 0 Å². The Kier molecular flexibility index (Phi) is 3.62. The zero-order valence-corrected chi connectivity index (χ0v) is 9.27. The van der Waals surface area contributed by atoms with Gasteiger partial charge in [0.25, 0.3) is 0 Å². The minimum atomic E-state index is -0.434. The summed E-state index contributed by atoms with van der Waals surface area (Å²) < 4.78 is 25.9. The third-order valence-electron chi connectivity index (χ3n) is 2.60. The van der Waals surface area contributed by atoms with Crippen LogP contribution in [0.1, 0.15) is 25.7 Å². The molecule has 2 unspecified atom stereocenters. The van der Waals surface area contributed by atoms with E-state index in [-0.39, 0.29) is 11.1 Å². The van der Waals surface area contributed by atoms with E-state index in [9.17, 15) is 8.78 Å². The molecule has 2 rings (SSSR count). The van der Waals surface area contributed by atoms with Crippen molar-refractivity contribution in [1.82, 2.24) is 0 Å². The Balaban J connectivity index is 1.93. The van der Waals surface area contributed by atoms with Gasteiger partial charge >= 0.3 is 0 Å². The predicted octanol–water partition coefficient (Wildman–Crippen LogP) is 4.31. The average molecular weight is 228 g/mol. The van der Waals surface area contributed by atoms with Crippen LogP contribution in [0, 0.1) is 0 Å². The van der Waals surface area contributed by atoms with Gasteiger partial charge in [0.2, 0.25) is 0 Å². The molecule has 2 aliphatic rings. The van der Waals surface area contributed by atoms with Crippen LogP contribution < -0.4 is 0 Å². The molecule has 0 aliphatic heterocycles. The summed E-state index contributed by atoms with van der Waals surface area (Å²) >= 11 is 1.66. The molecule has 0 bridgehead atoms. The Bertz CT molecular complexity index is 318. The van der Waals surface area contributed by atoms with Crippen LogP contribution in [0.15, 0.2) is 36.0 Å². The lowest BCUT2D eigenvalue weighted by Gasteiger charge is -2.22. The van der Waals surface area contributed by atoms with Gasteiger partial charge in [0.15, 0.2) is 0 Å². The molecule has 0 aromatic heterocycles. The number of hydrogen-bond donors (Lipinski definition) is 0. The summed E-state index contributed by atoms with van der Waals surface area (Å²) in [6.45, 7) is 0. The summed E-state index contributed by atoms with van der Waals surface area (Å²) in [5, 5.41) is 0.390. The zero-order valence-electron chi connectivity index (χ0n) is 8.46. The number of rotatable bonds is 2. The number of thioether (sulfide) groups is 1. The Labute approximate surface area is 93.1 Å². The highest BCUT2D eigenvalue weighted by Gasteiger charge is 2.20. The predicted molar refractivity (Wildman–Crippen MR) is 61.2 cm³/mol. The minimum absolute atomic E-state index is 0.0391. The Morgan fingerprint density at radius 1 is 1.27 bits per heavy atom. The first-order chi connectivity index (χ1) is 7.24. The van der Waals surface area contributed by atoms with Crippen LogP contribution in [0.4, 0.5) is 8.78 Å². The highest BCUT2D eigenvalue weighted by atomic mass is 32.2. The number of halogens is 2. The van der Waals surface area contributed by atoms with E-state index in [2.05, 4.69) is 12.2 Å².